The maximum absolute atomic E-state index is 6.57. The van der Waals surface area contributed by atoms with Crippen molar-refractivity contribution in [2.24, 2.45) is 5.73 Å². The lowest BCUT2D eigenvalue weighted by molar-refractivity contribution is 0.656. The van der Waals surface area contributed by atoms with Gasteiger partial charge in [0.25, 0.3) is 0 Å². The monoisotopic (exact) mass is 324 g/mol. The van der Waals surface area contributed by atoms with Crippen molar-refractivity contribution in [1.82, 2.24) is 4.98 Å². The van der Waals surface area contributed by atoms with E-state index in [0.29, 0.717) is 0 Å². The maximum atomic E-state index is 6.57. The highest BCUT2D eigenvalue weighted by molar-refractivity contribution is 6.06. The Balaban J connectivity index is 1.71. The molecule has 3 aromatic carbocycles. The molecular formula is C22H16N2O. The minimum Gasteiger partial charge on any atom is -0.456 e. The van der Waals surface area contributed by atoms with Crippen LogP contribution < -0.4 is 5.73 Å². The lowest BCUT2D eigenvalue weighted by Crippen LogP contribution is -2.13. The first-order chi connectivity index (χ1) is 12.3. The molecule has 25 heavy (non-hydrogen) atoms. The Bertz CT molecular complexity index is 1220. The molecule has 0 amide bonds. The summed E-state index contributed by atoms with van der Waals surface area (Å²) < 4.78 is 6.11. The van der Waals surface area contributed by atoms with E-state index < -0.39 is 0 Å². The molecule has 0 bridgehead atoms. The third-order valence-electron chi connectivity index (χ3n) is 4.71. The van der Waals surface area contributed by atoms with Crippen LogP contribution in [0.15, 0.2) is 83.3 Å². The van der Waals surface area contributed by atoms with Crippen LogP contribution in [0.4, 0.5) is 0 Å². The van der Waals surface area contributed by atoms with Gasteiger partial charge >= 0.3 is 0 Å². The summed E-state index contributed by atoms with van der Waals surface area (Å²) in [5.41, 5.74) is 11.0. The second kappa shape index (κ2) is 5.43. The van der Waals surface area contributed by atoms with Crippen LogP contribution in [0.3, 0.4) is 0 Å². The van der Waals surface area contributed by atoms with Crippen molar-refractivity contribution >= 4 is 32.8 Å². The molecule has 0 aliphatic carbocycles. The van der Waals surface area contributed by atoms with E-state index in [-0.39, 0.29) is 6.04 Å². The molecule has 2 aromatic heterocycles. The molecule has 1 atom stereocenters. The summed E-state index contributed by atoms with van der Waals surface area (Å²) in [6, 6.07) is 26.0. The van der Waals surface area contributed by atoms with Crippen molar-refractivity contribution in [3.63, 3.8) is 0 Å². The number of pyridine rings is 1. The van der Waals surface area contributed by atoms with E-state index in [2.05, 4.69) is 24.3 Å². The molecule has 0 spiro atoms. The van der Waals surface area contributed by atoms with E-state index in [9.17, 15) is 0 Å². The molecule has 0 aliphatic heterocycles. The fourth-order valence-electron chi connectivity index (χ4n) is 3.43. The van der Waals surface area contributed by atoms with Gasteiger partial charge < -0.3 is 10.2 Å². The van der Waals surface area contributed by atoms with Crippen molar-refractivity contribution in [3.05, 3.63) is 90.1 Å². The Hall–Kier alpha value is -3.17. The number of fused-ring (bicyclic) bond motifs is 4. The number of furan rings is 1. The number of hydrogen-bond acceptors (Lipinski definition) is 3. The van der Waals surface area contributed by atoms with Gasteiger partial charge in [-0.1, -0.05) is 60.7 Å². The first-order valence-corrected chi connectivity index (χ1v) is 8.33. The summed E-state index contributed by atoms with van der Waals surface area (Å²) in [7, 11) is 0. The molecule has 3 heteroatoms. The van der Waals surface area contributed by atoms with Crippen LogP contribution in [-0.2, 0) is 0 Å². The van der Waals surface area contributed by atoms with Gasteiger partial charge in [-0.15, -0.1) is 0 Å². The van der Waals surface area contributed by atoms with E-state index in [0.717, 1.165) is 44.1 Å². The van der Waals surface area contributed by atoms with Gasteiger partial charge in [0.15, 0.2) is 0 Å². The van der Waals surface area contributed by atoms with E-state index >= 15 is 0 Å². The number of hydrogen-bond donors (Lipinski definition) is 1. The fourth-order valence-corrected chi connectivity index (χ4v) is 3.43. The number of rotatable bonds is 2. The van der Waals surface area contributed by atoms with Gasteiger partial charge in [0.1, 0.15) is 11.2 Å². The van der Waals surface area contributed by atoms with Crippen molar-refractivity contribution in [2.45, 2.75) is 6.04 Å². The molecule has 2 heterocycles. The topological polar surface area (TPSA) is 52.0 Å². The van der Waals surface area contributed by atoms with Crippen molar-refractivity contribution in [1.29, 1.82) is 0 Å². The molecule has 2 N–H and O–H groups in total. The molecule has 0 saturated carbocycles. The zero-order valence-electron chi connectivity index (χ0n) is 13.5. The number of para-hydroxylation sites is 3. The molecule has 0 radical (unpaired) electrons. The zero-order chi connectivity index (χ0) is 16.8. The Labute approximate surface area is 144 Å². The molecule has 120 valence electrons. The molecule has 3 nitrogen and oxygen atoms in total. The van der Waals surface area contributed by atoms with Gasteiger partial charge in [-0.25, -0.2) is 0 Å². The predicted molar refractivity (Wildman–Crippen MR) is 101 cm³/mol. The molecule has 0 fully saturated rings. The Kier molecular flexibility index (Phi) is 3.08. The number of nitrogens with two attached hydrogens (primary N) is 1. The molecule has 0 saturated heterocycles. The Morgan fingerprint density at radius 3 is 2.52 bits per heavy atom. The van der Waals surface area contributed by atoms with Gasteiger partial charge in [0.05, 0.1) is 17.3 Å². The molecule has 1 unspecified atom stereocenters. The number of benzene rings is 3. The minimum atomic E-state index is -0.339. The smallest absolute Gasteiger partial charge is 0.140 e. The second-order valence-corrected chi connectivity index (χ2v) is 6.23. The highest BCUT2D eigenvalue weighted by atomic mass is 16.3. The SMILES string of the molecule is NC(c1ccc2ccccc2n1)c1cccc2c1oc1ccccc12. The van der Waals surface area contributed by atoms with Crippen LogP contribution in [-0.4, -0.2) is 4.98 Å². The van der Waals surface area contributed by atoms with Gasteiger partial charge in [0.2, 0.25) is 0 Å². The van der Waals surface area contributed by atoms with Crippen molar-refractivity contribution < 1.29 is 4.42 Å². The summed E-state index contributed by atoms with van der Waals surface area (Å²) in [5.74, 6) is 0. The summed E-state index contributed by atoms with van der Waals surface area (Å²) >= 11 is 0. The van der Waals surface area contributed by atoms with E-state index in [4.69, 9.17) is 15.1 Å². The van der Waals surface area contributed by atoms with Gasteiger partial charge in [-0.3, -0.25) is 4.98 Å². The highest BCUT2D eigenvalue weighted by Crippen LogP contribution is 2.34. The largest absolute Gasteiger partial charge is 0.456 e. The lowest BCUT2D eigenvalue weighted by Gasteiger charge is -2.13. The summed E-state index contributed by atoms with van der Waals surface area (Å²) in [6.45, 7) is 0. The fraction of sp³-hybridized carbons (Fsp3) is 0.0455. The molecule has 0 aliphatic rings. The van der Waals surface area contributed by atoms with Crippen molar-refractivity contribution in [2.75, 3.05) is 0 Å². The van der Waals surface area contributed by atoms with Crippen LogP contribution >= 0.6 is 0 Å². The number of aromatic nitrogens is 1. The van der Waals surface area contributed by atoms with E-state index in [1.807, 2.05) is 54.6 Å². The van der Waals surface area contributed by atoms with Crippen LogP contribution in [0.2, 0.25) is 0 Å². The van der Waals surface area contributed by atoms with E-state index in [1.54, 1.807) is 0 Å². The van der Waals surface area contributed by atoms with E-state index in [1.165, 1.54) is 0 Å². The minimum absolute atomic E-state index is 0.339. The summed E-state index contributed by atoms with van der Waals surface area (Å²) in [4.78, 5) is 4.75. The summed E-state index contributed by atoms with van der Waals surface area (Å²) in [6.07, 6.45) is 0. The zero-order valence-corrected chi connectivity index (χ0v) is 13.5. The normalized spacial score (nSPS) is 12.8. The standard InChI is InChI=1S/C22H16N2O/c23-21(19-13-12-14-6-1-3-10-18(14)24-19)17-9-5-8-16-15-7-2-4-11-20(15)25-22(16)17/h1-13,21H,23H2. The number of nitrogens with zero attached hydrogens (tertiary/aromatic N) is 1. The van der Waals surface area contributed by atoms with Crippen molar-refractivity contribution in [3.8, 4) is 0 Å². The second-order valence-electron chi connectivity index (χ2n) is 6.23. The average Bonchev–Trinajstić information content (AvgIpc) is 3.06. The van der Waals surface area contributed by atoms with Gasteiger partial charge in [-0.05, 0) is 18.2 Å². The van der Waals surface area contributed by atoms with Gasteiger partial charge in [0, 0.05) is 21.7 Å². The predicted octanol–water partition coefficient (Wildman–Crippen LogP) is 5.18. The highest BCUT2D eigenvalue weighted by Gasteiger charge is 2.18. The van der Waals surface area contributed by atoms with Crippen LogP contribution in [0, 0.1) is 0 Å². The van der Waals surface area contributed by atoms with Gasteiger partial charge in [-0.2, -0.15) is 0 Å². The molecule has 5 rings (SSSR count). The maximum Gasteiger partial charge on any atom is 0.140 e. The van der Waals surface area contributed by atoms with Crippen LogP contribution in [0.5, 0.6) is 0 Å². The summed E-state index contributed by atoms with van der Waals surface area (Å²) in [5, 5.41) is 3.31. The van der Waals surface area contributed by atoms with Crippen LogP contribution in [0.25, 0.3) is 32.8 Å². The third kappa shape index (κ3) is 2.21. The molecule has 5 aromatic rings. The quantitative estimate of drug-likeness (QED) is 0.486. The van der Waals surface area contributed by atoms with Crippen LogP contribution in [0.1, 0.15) is 17.3 Å². The average molecular weight is 324 g/mol. The molecular weight excluding hydrogens is 308 g/mol. The third-order valence-corrected chi connectivity index (χ3v) is 4.71. The lowest BCUT2D eigenvalue weighted by atomic mass is 10.0. The Morgan fingerprint density at radius 2 is 1.56 bits per heavy atom. The first kappa shape index (κ1) is 14.2. The first-order valence-electron chi connectivity index (χ1n) is 8.33. The Morgan fingerprint density at radius 1 is 0.760 bits per heavy atom.